The van der Waals surface area contributed by atoms with Crippen LogP contribution in [0.25, 0.3) is 0 Å². The Morgan fingerprint density at radius 1 is 1.13 bits per heavy atom. The van der Waals surface area contributed by atoms with Crippen molar-refractivity contribution in [3.63, 3.8) is 0 Å². The minimum Gasteiger partial charge on any atom is -0.375 e. The molecule has 0 saturated heterocycles. The normalized spacial score (nSPS) is 13.7. The molecule has 1 heterocycles. The smallest absolute Gasteiger partial charge is 0.223 e. The Balaban J connectivity index is 1.46. The second-order valence-corrected chi connectivity index (χ2v) is 7.92. The van der Waals surface area contributed by atoms with Crippen molar-refractivity contribution >= 4 is 17.6 Å². The molecular weight excluding hydrogens is 392 g/mol. The Kier molecular flexibility index (Phi) is 8.26. The first kappa shape index (κ1) is 22.6. The van der Waals surface area contributed by atoms with E-state index in [1.165, 1.54) is 5.69 Å². The number of hydrogen-bond donors (Lipinski definition) is 3. The number of aryl methyl sites for hydroxylation is 1. The number of benzene rings is 1. The number of para-hydroxylation sites is 1. The van der Waals surface area contributed by atoms with Gasteiger partial charge in [0, 0.05) is 51.9 Å². The highest BCUT2D eigenvalue weighted by atomic mass is 16.2. The van der Waals surface area contributed by atoms with Crippen molar-refractivity contribution in [1.82, 2.24) is 30.7 Å². The van der Waals surface area contributed by atoms with Crippen molar-refractivity contribution in [2.45, 2.75) is 32.7 Å². The maximum absolute atomic E-state index is 11.8. The van der Waals surface area contributed by atoms with Crippen molar-refractivity contribution in [2.24, 2.45) is 18.0 Å². The van der Waals surface area contributed by atoms with Crippen LogP contribution in [0.3, 0.4) is 0 Å². The highest BCUT2D eigenvalue weighted by Crippen LogP contribution is 2.28. The van der Waals surface area contributed by atoms with E-state index < -0.39 is 0 Å². The fourth-order valence-electron chi connectivity index (χ4n) is 3.10. The molecule has 0 aliphatic heterocycles. The maximum atomic E-state index is 11.8. The van der Waals surface area contributed by atoms with E-state index >= 15 is 0 Å². The Morgan fingerprint density at radius 3 is 2.52 bits per heavy atom. The van der Waals surface area contributed by atoms with Crippen LogP contribution in [0.2, 0.25) is 0 Å². The summed E-state index contributed by atoms with van der Waals surface area (Å²) in [6, 6.07) is 10.4. The third-order valence-corrected chi connectivity index (χ3v) is 5.39. The molecule has 168 valence electrons. The Bertz CT molecular complexity index is 860. The fourth-order valence-corrected chi connectivity index (χ4v) is 3.10. The summed E-state index contributed by atoms with van der Waals surface area (Å²) in [5, 5.41) is 17.9. The van der Waals surface area contributed by atoms with E-state index in [2.05, 4.69) is 67.4 Å². The number of hydrogen-bond acceptors (Lipinski definition) is 5. The summed E-state index contributed by atoms with van der Waals surface area (Å²) in [6.45, 7) is 5.27. The van der Waals surface area contributed by atoms with Gasteiger partial charge in [-0.05, 0) is 38.3 Å². The van der Waals surface area contributed by atoms with Gasteiger partial charge in [-0.15, -0.1) is 10.2 Å². The van der Waals surface area contributed by atoms with Gasteiger partial charge in [-0.2, -0.15) is 0 Å². The van der Waals surface area contributed by atoms with Gasteiger partial charge in [-0.3, -0.25) is 4.79 Å². The standard InChI is InChI=1S/C22H34N8O/c1-17-27-28-20(30(17)3)16-26-22(25-14-13-23-21(31)18-10-11-18)24-12-7-15-29(2)19-8-5-4-6-9-19/h4-6,8-9,18H,7,10-16H2,1-3H3,(H,23,31)(H2,24,25,26). The maximum Gasteiger partial charge on any atom is 0.223 e. The minimum atomic E-state index is 0.159. The van der Waals surface area contributed by atoms with E-state index in [4.69, 9.17) is 0 Å². The van der Waals surface area contributed by atoms with Crippen molar-refractivity contribution < 1.29 is 4.79 Å². The largest absolute Gasteiger partial charge is 0.375 e. The molecule has 9 nitrogen and oxygen atoms in total. The van der Waals surface area contributed by atoms with Gasteiger partial charge in [0.2, 0.25) is 5.91 Å². The van der Waals surface area contributed by atoms with Crippen LogP contribution in [-0.4, -0.2) is 59.9 Å². The van der Waals surface area contributed by atoms with Crippen LogP contribution in [0.5, 0.6) is 0 Å². The third-order valence-electron chi connectivity index (χ3n) is 5.39. The van der Waals surface area contributed by atoms with Crippen LogP contribution in [0.15, 0.2) is 35.3 Å². The van der Waals surface area contributed by atoms with E-state index in [0.717, 1.165) is 44.0 Å². The van der Waals surface area contributed by atoms with E-state index in [-0.39, 0.29) is 11.8 Å². The molecule has 0 spiro atoms. The predicted octanol–water partition coefficient (Wildman–Crippen LogP) is 1.21. The Hall–Kier alpha value is -3.10. The first-order valence-corrected chi connectivity index (χ1v) is 11.0. The van der Waals surface area contributed by atoms with Gasteiger partial charge in [0.1, 0.15) is 12.4 Å². The number of nitrogens with zero attached hydrogens (tertiary/aromatic N) is 5. The van der Waals surface area contributed by atoms with Gasteiger partial charge < -0.3 is 25.4 Å². The number of carbonyl (C=O) groups excluding carboxylic acids is 1. The summed E-state index contributed by atoms with van der Waals surface area (Å²) in [5.41, 5.74) is 1.21. The molecule has 1 aromatic carbocycles. The molecule has 0 bridgehead atoms. The van der Waals surface area contributed by atoms with Crippen molar-refractivity contribution in [2.75, 3.05) is 38.1 Å². The van der Waals surface area contributed by atoms with Gasteiger partial charge in [0.05, 0.1) is 0 Å². The fraction of sp³-hybridized carbons (Fsp3) is 0.545. The molecular formula is C22H34N8O. The quantitative estimate of drug-likeness (QED) is 0.284. The number of aromatic nitrogens is 3. The van der Waals surface area contributed by atoms with Gasteiger partial charge in [-0.1, -0.05) is 18.2 Å². The molecule has 0 radical (unpaired) electrons. The second-order valence-electron chi connectivity index (χ2n) is 7.92. The zero-order chi connectivity index (χ0) is 22.1. The monoisotopic (exact) mass is 426 g/mol. The van der Waals surface area contributed by atoms with E-state index in [1.54, 1.807) is 0 Å². The topological polar surface area (TPSA) is 99.5 Å². The van der Waals surface area contributed by atoms with E-state index in [0.29, 0.717) is 25.6 Å². The van der Waals surface area contributed by atoms with E-state index in [9.17, 15) is 4.79 Å². The van der Waals surface area contributed by atoms with Crippen molar-refractivity contribution in [3.8, 4) is 0 Å². The molecule has 1 saturated carbocycles. The average molecular weight is 427 g/mol. The number of nitrogens with one attached hydrogen (secondary N) is 3. The summed E-state index contributed by atoms with van der Waals surface area (Å²) in [4.78, 5) is 18.7. The zero-order valence-electron chi connectivity index (χ0n) is 18.8. The lowest BCUT2D eigenvalue weighted by Crippen LogP contribution is -2.42. The summed E-state index contributed by atoms with van der Waals surface area (Å²) >= 11 is 0. The molecule has 31 heavy (non-hydrogen) atoms. The molecule has 3 rings (SSSR count). The Morgan fingerprint density at radius 2 is 1.84 bits per heavy atom. The number of anilines is 1. The minimum absolute atomic E-state index is 0.159. The average Bonchev–Trinajstić information content (AvgIpc) is 3.59. The number of aliphatic imine (C=N–C) groups is 1. The molecule has 3 N–H and O–H groups in total. The highest BCUT2D eigenvalue weighted by Gasteiger charge is 2.28. The molecule has 1 aliphatic carbocycles. The lowest BCUT2D eigenvalue weighted by molar-refractivity contribution is -0.122. The Labute approximate surface area is 184 Å². The molecule has 9 heteroatoms. The van der Waals surface area contributed by atoms with Crippen molar-refractivity contribution in [1.29, 1.82) is 0 Å². The van der Waals surface area contributed by atoms with E-state index in [1.807, 2.05) is 24.6 Å². The van der Waals surface area contributed by atoms with Crippen LogP contribution in [-0.2, 0) is 18.4 Å². The van der Waals surface area contributed by atoms with Gasteiger partial charge in [-0.25, -0.2) is 4.99 Å². The molecule has 1 amide bonds. The number of amides is 1. The lowest BCUT2D eigenvalue weighted by Gasteiger charge is -2.20. The molecule has 0 unspecified atom stereocenters. The summed E-state index contributed by atoms with van der Waals surface area (Å²) < 4.78 is 1.94. The predicted molar refractivity (Wildman–Crippen MR) is 123 cm³/mol. The highest BCUT2D eigenvalue weighted by molar-refractivity contribution is 5.81. The molecule has 1 aliphatic rings. The van der Waals surface area contributed by atoms with Gasteiger partial charge in [0.15, 0.2) is 11.8 Å². The van der Waals surface area contributed by atoms with Crippen LogP contribution < -0.4 is 20.9 Å². The molecule has 2 aromatic rings. The second kappa shape index (κ2) is 11.3. The van der Waals surface area contributed by atoms with Crippen LogP contribution >= 0.6 is 0 Å². The number of guanidine groups is 1. The SMILES string of the molecule is Cc1nnc(CN=C(NCCCN(C)c2ccccc2)NCCNC(=O)C2CC2)n1C. The van der Waals surface area contributed by atoms with Crippen LogP contribution in [0.4, 0.5) is 5.69 Å². The number of carbonyl (C=O) groups is 1. The first-order chi connectivity index (χ1) is 15.0. The van der Waals surface area contributed by atoms with Crippen molar-refractivity contribution in [3.05, 3.63) is 42.0 Å². The third kappa shape index (κ3) is 7.27. The number of rotatable bonds is 11. The molecule has 1 fully saturated rings. The van der Waals surface area contributed by atoms with Crippen LogP contribution in [0, 0.1) is 12.8 Å². The van der Waals surface area contributed by atoms with Gasteiger partial charge >= 0.3 is 0 Å². The first-order valence-electron chi connectivity index (χ1n) is 11.0. The summed E-state index contributed by atoms with van der Waals surface area (Å²) in [6.07, 6.45) is 3.00. The zero-order valence-corrected chi connectivity index (χ0v) is 18.8. The summed E-state index contributed by atoms with van der Waals surface area (Å²) in [5.74, 6) is 2.77. The van der Waals surface area contributed by atoms with Crippen LogP contribution in [0.1, 0.15) is 30.9 Å². The van der Waals surface area contributed by atoms with Gasteiger partial charge in [0.25, 0.3) is 0 Å². The molecule has 0 atom stereocenters. The lowest BCUT2D eigenvalue weighted by atomic mass is 10.3. The summed E-state index contributed by atoms with van der Waals surface area (Å²) in [7, 11) is 4.04. The molecule has 1 aromatic heterocycles.